The monoisotopic (exact) mass is 409 g/mol. The van der Waals surface area contributed by atoms with Crippen LogP contribution in [0.4, 0.5) is 0 Å². The Morgan fingerprint density at radius 3 is 2.60 bits per heavy atom. The number of likely N-dealkylation sites (tertiary alicyclic amines) is 1. The second-order valence-electron chi connectivity index (χ2n) is 7.57. The standard InChI is InChI=1S/C22H23N3O5/c1-24(2)9-10-25-19(15-5-3-4-8-23-15)18(21(27)22(25)28)20(26)14-6-7-16-17(13-14)30-12-11-29-16/h3-8,13,18-19H,9-12H2,1-2H3. The highest BCUT2D eigenvalue weighted by atomic mass is 16.6. The topological polar surface area (TPSA) is 89.0 Å². The van der Waals surface area contributed by atoms with Gasteiger partial charge in [0.2, 0.25) is 5.78 Å². The number of likely N-dealkylation sites (N-methyl/N-ethyl adjacent to an activating group) is 1. The Morgan fingerprint density at radius 2 is 1.90 bits per heavy atom. The molecule has 156 valence electrons. The highest BCUT2D eigenvalue weighted by Gasteiger charge is 2.52. The van der Waals surface area contributed by atoms with Gasteiger partial charge in [-0.05, 0) is 44.4 Å². The Kier molecular flexibility index (Phi) is 5.50. The van der Waals surface area contributed by atoms with Crippen molar-refractivity contribution in [3.05, 3.63) is 53.9 Å². The number of aromatic nitrogens is 1. The number of ketones is 2. The summed E-state index contributed by atoms with van der Waals surface area (Å²) in [4.78, 5) is 46.9. The van der Waals surface area contributed by atoms with Crippen LogP contribution in [0, 0.1) is 5.92 Å². The van der Waals surface area contributed by atoms with Gasteiger partial charge in [0.1, 0.15) is 19.1 Å². The Bertz CT molecular complexity index is 976. The lowest BCUT2D eigenvalue weighted by atomic mass is 9.88. The molecule has 1 aromatic carbocycles. The minimum Gasteiger partial charge on any atom is -0.486 e. The van der Waals surface area contributed by atoms with E-state index in [1.807, 2.05) is 19.0 Å². The molecule has 0 aliphatic carbocycles. The molecule has 1 fully saturated rings. The van der Waals surface area contributed by atoms with E-state index in [0.717, 1.165) is 0 Å². The first-order valence-corrected chi connectivity index (χ1v) is 9.81. The second-order valence-corrected chi connectivity index (χ2v) is 7.57. The Hall–Kier alpha value is -3.26. The molecule has 0 bridgehead atoms. The van der Waals surface area contributed by atoms with Crippen LogP contribution in [0.25, 0.3) is 0 Å². The molecular weight excluding hydrogens is 386 g/mol. The van der Waals surface area contributed by atoms with Crippen LogP contribution >= 0.6 is 0 Å². The van der Waals surface area contributed by atoms with Crippen LogP contribution in [0.15, 0.2) is 42.6 Å². The molecule has 2 unspecified atom stereocenters. The van der Waals surface area contributed by atoms with Crippen LogP contribution in [-0.2, 0) is 9.59 Å². The van der Waals surface area contributed by atoms with E-state index in [0.29, 0.717) is 49.1 Å². The quantitative estimate of drug-likeness (QED) is 0.404. The number of benzene rings is 1. The normalized spacial score (nSPS) is 20.7. The van der Waals surface area contributed by atoms with Gasteiger partial charge in [0.15, 0.2) is 17.3 Å². The van der Waals surface area contributed by atoms with Crippen molar-refractivity contribution in [1.29, 1.82) is 0 Å². The van der Waals surface area contributed by atoms with E-state index < -0.39 is 29.4 Å². The van der Waals surface area contributed by atoms with Crippen LogP contribution in [0.5, 0.6) is 11.5 Å². The molecule has 2 aliphatic heterocycles. The van der Waals surface area contributed by atoms with Crippen molar-refractivity contribution in [3.63, 3.8) is 0 Å². The molecule has 1 aromatic heterocycles. The summed E-state index contributed by atoms with van der Waals surface area (Å²) >= 11 is 0. The minimum absolute atomic E-state index is 0.306. The van der Waals surface area contributed by atoms with Crippen LogP contribution in [0.1, 0.15) is 22.1 Å². The SMILES string of the molecule is CN(C)CCN1C(=O)C(=O)C(C(=O)c2ccc3c(c2)OCCO3)C1c1ccccn1. The zero-order chi connectivity index (χ0) is 21.3. The van der Waals surface area contributed by atoms with Crippen molar-refractivity contribution in [2.45, 2.75) is 6.04 Å². The number of Topliss-reactive ketones (excluding diaryl/α,β-unsaturated/α-hetero) is 2. The molecule has 8 nitrogen and oxygen atoms in total. The number of hydrogen-bond donors (Lipinski definition) is 0. The van der Waals surface area contributed by atoms with E-state index in [1.165, 1.54) is 4.90 Å². The first kappa shape index (κ1) is 20.0. The lowest BCUT2D eigenvalue weighted by Crippen LogP contribution is -2.36. The molecule has 2 aromatic rings. The molecule has 0 N–H and O–H groups in total. The Labute approximate surface area is 174 Å². The summed E-state index contributed by atoms with van der Waals surface area (Å²) in [5, 5.41) is 0. The third kappa shape index (κ3) is 3.66. The molecule has 1 amide bonds. The van der Waals surface area contributed by atoms with Gasteiger partial charge in [-0.15, -0.1) is 0 Å². The first-order chi connectivity index (χ1) is 14.5. The summed E-state index contributed by atoms with van der Waals surface area (Å²) < 4.78 is 11.1. The molecular formula is C22H23N3O5. The van der Waals surface area contributed by atoms with E-state index in [4.69, 9.17) is 9.47 Å². The van der Waals surface area contributed by atoms with Crippen molar-refractivity contribution in [2.24, 2.45) is 5.92 Å². The van der Waals surface area contributed by atoms with Gasteiger partial charge in [-0.1, -0.05) is 6.07 Å². The van der Waals surface area contributed by atoms with Gasteiger partial charge < -0.3 is 19.3 Å². The lowest BCUT2D eigenvalue weighted by molar-refractivity contribution is -0.140. The van der Waals surface area contributed by atoms with E-state index in [1.54, 1.807) is 42.6 Å². The third-order valence-electron chi connectivity index (χ3n) is 5.29. The summed E-state index contributed by atoms with van der Waals surface area (Å²) in [5.41, 5.74) is 0.826. The number of amides is 1. The molecule has 1 saturated heterocycles. The molecule has 3 heterocycles. The number of hydrogen-bond acceptors (Lipinski definition) is 7. The number of ether oxygens (including phenoxy) is 2. The maximum absolute atomic E-state index is 13.4. The number of carbonyl (C=O) groups excluding carboxylic acids is 3. The third-order valence-corrected chi connectivity index (χ3v) is 5.29. The molecule has 4 rings (SSSR count). The van der Waals surface area contributed by atoms with Crippen molar-refractivity contribution < 1.29 is 23.9 Å². The largest absolute Gasteiger partial charge is 0.486 e. The fraction of sp³-hybridized carbons (Fsp3) is 0.364. The van der Waals surface area contributed by atoms with E-state index >= 15 is 0 Å². The lowest BCUT2D eigenvalue weighted by Gasteiger charge is -2.27. The summed E-state index contributed by atoms with van der Waals surface area (Å²) in [7, 11) is 3.77. The second kappa shape index (κ2) is 8.23. The predicted octanol–water partition coefficient (Wildman–Crippen LogP) is 1.37. The zero-order valence-corrected chi connectivity index (χ0v) is 16.9. The number of rotatable bonds is 6. The van der Waals surface area contributed by atoms with Crippen molar-refractivity contribution >= 4 is 17.5 Å². The molecule has 0 radical (unpaired) electrons. The summed E-state index contributed by atoms with van der Waals surface area (Å²) in [6, 6.07) is 9.37. The van der Waals surface area contributed by atoms with Crippen LogP contribution in [0.3, 0.4) is 0 Å². The summed E-state index contributed by atoms with van der Waals surface area (Å²) in [6.07, 6.45) is 1.60. The van der Waals surface area contributed by atoms with E-state index in [9.17, 15) is 14.4 Å². The fourth-order valence-corrected chi connectivity index (χ4v) is 3.79. The molecule has 30 heavy (non-hydrogen) atoms. The number of pyridine rings is 1. The Balaban J connectivity index is 1.71. The van der Waals surface area contributed by atoms with Crippen LogP contribution < -0.4 is 9.47 Å². The Morgan fingerprint density at radius 1 is 1.13 bits per heavy atom. The average molecular weight is 409 g/mol. The zero-order valence-electron chi connectivity index (χ0n) is 16.9. The van der Waals surface area contributed by atoms with Crippen LogP contribution in [-0.4, -0.2) is 72.7 Å². The summed E-state index contributed by atoms with van der Waals surface area (Å²) in [5.74, 6) is -1.92. The number of nitrogens with zero attached hydrogens (tertiary/aromatic N) is 3. The van der Waals surface area contributed by atoms with E-state index in [2.05, 4.69) is 4.98 Å². The smallest absolute Gasteiger partial charge is 0.291 e. The van der Waals surface area contributed by atoms with Crippen molar-refractivity contribution in [2.75, 3.05) is 40.4 Å². The van der Waals surface area contributed by atoms with Crippen molar-refractivity contribution in [3.8, 4) is 11.5 Å². The maximum atomic E-state index is 13.4. The molecule has 2 atom stereocenters. The first-order valence-electron chi connectivity index (χ1n) is 9.81. The average Bonchev–Trinajstić information content (AvgIpc) is 3.02. The molecule has 0 spiro atoms. The number of carbonyl (C=O) groups is 3. The van der Waals surface area contributed by atoms with E-state index in [-0.39, 0.29) is 0 Å². The highest BCUT2D eigenvalue weighted by Crippen LogP contribution is 2.38. The number of fused-ring (bicyclic) bond motifs is 1. The van der Waals surface area contributed by atoms with Gasteiger partial charge in [-0.3, -0.25) is 19.4 Å². The van der Waals surface area contributed by atoms with Gasteiger partial charge in [-0.2, -0.15) is 0 Å². The van der Waals surface area contributed by atoms with Gasteiger partial charge in [0, 0.05) is 24.8 Å². The molecule has 8 heteroatoms. The minimum atomic E-state index is -1.16. The predicted molar refractivity (Wildman–Crippen MR) is 108 cm³/mol. The van der Waals surface area contributed by atoms with Crippen LogP contribution in [0.2, 0.25) is 0 Å². The summed E-state index contributed by atoms with van der Waals surface area (Å²) in [6.45, 7) is 1.72. The van der Waals surface area contributed by atoms with Gasteiger partial charge in [0.25, 0.3) is 5.91 Å². The molecule has 2 aliphatic rings. The van der Waals surface area contributed by atoms with Crippen molar-refractivity contribution in [1.82, 2.24) is 14.8 Å². The maximum Gasteiger partial charge on any atom is 0.291 e. The van der Waals surface area contributed by atoms with Gasteiger partial charge in [-0.25, -0.2) is 0 Å². The fourth-order valence-electron chi connectivity index (χ4n) is 3.79. The van der Waals surface area contributed by atoms with Gasteiger partial charge >= 0.3 is 0 Å². The molecule has 0 saturated carbocycles. The highest BCUT2D eigenvalue weighted by molar-refractivity contribution is 6.44. The van der Waals surface area contributed by atoms with Gasteiger partial charge in [0.05, 0.1) is 11.7 Å².